The summed E-state index contributed by atoms with van der Waals surface area (Å²) in [5.74, 6) is 0.529. The van der Waals surface area contributed by atoms with Gasteiger partial charge in [0.2, 0.25) is 0 Å². The number of ether oxygens (including phenoxy) is 2. The Morgan fingerprint density at radius 3 is 1.53 bits per heavy atom. The molecule has 0 N–H and O–H groups in total. The van der Waals surface area contributed by atoms with Gasteiger partial charge in [-0.25, -0.2) is 0 Å². The van der Waals surface area contributed by atoms with Gasteiger partial charge in [0.1, 0.15) is 11.5 Å². The van der Waals surface area contributed by atoms with Crippen molar-refractivity contribution in [1.82, 2.24) is 0 Å². The Labute approximate surface area is 200 Å². The van der Waals surface area contributed by atoms with Gasteiger partial charge in [-0.15, -0.1) is 0 Å². The topological polar surface area (TPSA) is 52.6 Å². The maximum absolute atomic E-state index is 11.7. The number of hydrogen-bond acceptors (Lipinski definition) is 4. The molecular weight excluding hydrogens is 424 g/mol. The van der Waals surface area contributed by atoms with Gasteiger partial charge in [-0.3, -0.25) is 9.59 Å². The summed E-state index contributed by atoms with van der Waals surface area (Å²) in [5, 5.41) is 2.34. The summed E-state index contributed by atoms with van der Waals surface area (Å²) in [4.78, 5) is 23.4. The lowest BCUT2D eigenvalue weighted by Crippen LogP contribution is -2.25. The summed E-state index contributed by atoms with van der Waals surface area (Å²) in [6, 6.07) is 30.1. The summed E-state index contributed by atoms with van der Waals surface area (Å²) in [7, 11) is 0. The van der Waals surface area contributed by atoms with Crippen LogP contribution in [0.3, 0.4) is 0 Å². The molecule has 0 heterocycles. The summed E-state index contributed by atoms with van der Waals surface area (Å²) >= 11 is 0. The summed E-state index contributed by atoms with van der Waals surface area (Å²) in [6.07, 6.45) is 0.650. The average molecular weight is 453 g/mol. The van der Waals surface area contributed by atoms with E-state index in [4.69, 9.17) is 9.47 Å². The predicted molar refractivity (Wildman–Crippen MR) is 134 cm³/mol. The molecule has 0 saturated heterocycles. The molecule has 0 aliphatic rings. The van der Waals surface area contributed by atoms with Gasteiger partial charge in [-0.05, 0) is 64.7 Å². The van der Waals surface area contributed by atoms with Crippen molar-refractivity contribution < 1.29 is 19.1 Å². The van der Waals surface area contributed by atoms with Crippen molar-refractivity contribution in [3.05, 3.63) is 108 Å². The van der Waals surface area contributed by atoms with E-state index in [1.54, 1.807) is 13.8 Å². The number of rotatable bonds is 7. The molecule has 0 atom stereocenters. The Kier molecular flexibility index (Phi) is 6.78. The Balaban J connectivity index is 1.80. The molecule has 0 bridgehead atoms. The summed E-state index contributed by atoms with van der Waals surface area (Å²) in [6.45, 7) is 5.72. The zero-order valence-electron chi connectivity index (χ0n) is 19.7. The first-order valence-corrected chi connectivity index (χ1v) is 11.6. The van der Waals surface area contributed by atoms with E-state index in [0.717, 1.165) is 22.1 Å². The molecule has 0 radical (unpaired) electrons. The second kappa shape index (κ2) is 9.92. The third-order valence-corrected chi connectivity index (χ3v) is 6.23. The van der Waals surface area contributed by atoms with Crippen LogP contribution in [0.1, 0.15) is 50.3 Å². The second-order valence-corrected chi connectivity index (χ2v) is 8.39. The third kappa shape index (κ3) is 4.72. The fourth-order valence-electron chi connectivity index (χ4n) is 4.12. The highest BCUT2D eigenvalue weighted by molar-refractivity contribution is 5.83. The van der Waals surface area contributed by atoms with Gasteiger partial charge in [-0.1, -0.05) is 74.5 Å². The van der Waals surface area contributed by atoms with E-state index in [9.17, 15) is 9.59 Å². The van der Waals surface area contributed by atoms with Gasteiger partial charge >= 0.3 is 11.9 Å². The van der Waals surface area contributed by atoms with E-state index in [2.05, 4.69) is 37.3 Å². The monoisotopic (exact) mass is 452 g/mol. The lowest BCUT2D eigenvalue weighted by molar-refractivity contribution is -0.134. The molecule has 0 aromatic heterocycles. The molecule has 0 spiro atoms. The van der Waals surface area contributed by atoms with Crippen LogP contribution in [-0.2, 0) is 15.0 Å². The van der Waals surface area contributed by atoms with Gasteiger partial charge < -0.3 is 9.47 Å². The molecule has 172 valence electrons. The summed E-state index contributed by atoms with van der Waals surface area (Å²) in [5.41, 5.74) is 2.74. The van der Waals surface area contributed by atoms with Crippen LogP contribution in [0.5, 0.6) is 11.5 Å². The minimum Gasteiger partial charge on any atom is -0.427 e. The Bertz CT molecular complexity index is 1240. The maximum atomic E-state index is 11.7. The third-order valence-electron chi connectivity index (χ3n) is 6.23. The Hall–Kier alpha value is -3.92. The first-order valence-electron chi connectivity index (χ1n) is 11.6. The number of fused-ring (bicyclic) bond motifs is 1. The molecule has 4 aromatic carbocycles. The van der Waals surface area contributed by atoms with Gasteiger partial charge in [-0.2, -0.15) is 0 Å². The van der Waals surface area contributed by atoms with Gasteiger partial charge in [0.25, 0.3) is 0 Å². The zero-order chi connectivity index (χ0) is 24.1. The van der Waals surface area contributed by atoms with Crippen LogP contribution >= 0.6 is 0 Å². The van der Waals surface area contributed by atoms with E-state index >= 15 is 0 Å². The number of hydrogen-bond donors (Lipinski definition) is 0. The van der Waals surface area contributed by atoms with E-state index in [0.29, 0.717) is 24.3 Å². The van der Waals surface area contributed by atoms with E-state index < -0.39 is 5.41 Å². The van der Waals surface area contributed by atoms with Gasteiger partial charge in [0.05, 0.1) is 0 Å². The molecule has 34 heavy (non-hydrogen) atoms. The van der Waals surface area contributed by atoms with Gasteiger partial charge in [0, 0.05) is 18.3 Å². The molecule has 4 heteroatoms. The van der Waals surface area contributed by atoms with E-state index in [-0.39, 0.29) is 11.9 Å². The fourth-order valence-corrected chi connectivity index (χ4v) is 4.12. The molecular formula is C30H28O4. The highest BCUT2D eigenvalue weighted by atomic mass is 16.5. The molecule has 0 aliphatic heterocycles. The van der Waals surface area contributed by atoms with Crippen LogP contribution in [-0.4, -0.2) is 11.9 Å². The quantitative estimate of drug-likeness (QED) is 0.175. The number of carbonyl (C=O) groups is 2. The SMILES string of the molecule is CCC(=O)Oc1ccc(C(C)(c2ccc(OC(=O)CC)cc2)c2ccc3ccccc3c2)cc1. The Morgan fingerprint density at radius 2 is 1.06 bits per heavy atom. The molecule has 4 nitrogen and oxygen atoms in total. The standard InChI is InChI=1S/C30H28O4/c1-4-28(31)33-26-16-12-23(13-17-26)30(3,24-14-18-27(19-15-24)34-29(32)5-2)25-11-10-21-8-6-7-9-22(21)20-25/h6-20H,4-5H2,1-3H3. The zero-order valence-corrected chi connectivity index (χ0v) is 19.7. The molecule has 4 rings (SSSR count). The van der Waals surface area contributed by atoms with Crippen molar-refractivity contribution >= 4 is 22.7 Å². The highest BCUT2D eigenvalue weighted by Gasteiger charge is 2.31. The van der Waals surface area contributed by atoms with E-state index in [1.165, 1.54) is 5.39 Å². The lowest BCUT2D eigenvalue weighted by atomic mass is 9.71. The van der Waals surface area contributed by atoms with Crippen molar-refractivity contribution in [3.63, 3.8) is 0 Å². The van der Waals surface area contributed by atoms with Crippen LogP contribution in [0.4, 0.5) is 0 Å². The average Bonchev–Trinajstić information content (AvgIpc) is 2.88. The van der Waals surface area contributed by atoms with Crippen LogP contribution in [0, 0.1) is 0 Å². The van der Waals surface area contributed by atoms with Crippen molar-refractivity contribution in [2.24, 2.45) is 0 Å². The molecule has 0 aliphatic carbocycles. The van der Waals surface area contributed by atoms with Crippen molar-refractivity contribution in [2.45, 2.75) is 39.0 Å². The Morgan fingerprint density at radius 1 is 0.618 bits per heavy atom. The molecule has 0 saturated carbocycles. The van der Waals surface area contributed by atoms with Crippen molar-refractivity contribution in [1.29, 1.82) is 0 Å². The second-order valence-electron chi connectivity index (χ2n) is 8.39. The number of benzene rings is 4. The predicted octanol–water partition coefficient (Wildman–Crippen LogP) is 6.82. The van der Waals surface area contributed by atoms with Crippen molar-refractivity contribution in [2.75, 3.05) is 0 Å². The minimum absolute atomic E-state index is 0.262. The van der Waals surface area contributed by atoms with Gasteiger partial charge in [0.15, 0.2) is 0 Å². The highest BCUT2D eigenvalue weighted by Crippen LogP contribution is 2.41. The smallest absolute Gasteiger partial charge is 0.310 e. The van der Waals surface area contributed by atoms with Crippen LogP contribution in [0.15, 0.2) is 91.0 Å². The first kappa shape index (κ1) is 23.2. The molecule has 0 amide bonds. The largest absolute Gasteiger partial charge is 0.427 e. The van der Waals surface area contributed by atoms with Crippen molar-refractivity contribution in [3.8, 4) is 11.5 Å². The minimum atomic E-state index is -0.495. The fraction of sp³-hybridized carbons (Fsp3) is 0.200. The number of esters is 2. The number of carbonyl (C=O) groups excluding carboxylic acids is 2. The normalized spacial score (nSPS) is 11.3. The molecule has 0 fully saturated rings. The molecule has 4 aromatic rings. The maximum Gasteiger partial charge on any atom is 0.310 e. The van der Waals surface area contributed by atoms with E-state index in [1.807, 2.05) is 60.7 Å². The lowest BCUT2D eigenvalue weighted by Gasteiger charge is -2.32. The van der Waals surface area contributed by atoms with Crippen LogP contribution in [0.25, 0.3) is 10.8 Å². The van der Waals surface area contributed by atoms with Crippen LogP contribution < -0.4 is 9.47 Å². The van der Waals surface area contributed by atoms with Crippen LogP contribution in [0.2, 0.25) is 0 Å². The first-order chi connectivity index (χ1) is 16.4. The summed E-state index contributed by atoms with van der Waals surface area (Å²) < 4.78 is 10.8. The molecule has 0 unspecified atom stereocenters.